The van der Waals surface area contributed by atoms with E-state index < -0.39 is 5.54 Å². The van der Waals surface area contributed by atoms with Crippen LogP contribution in [0.3, 0.4) is 0 Å². The highest BCUT2D eigenvalue weighted by Crippen LogP contribution is 2.29. The Labute approximate surface area is 116 Å². The lowest BCUT2D eigenvalue weighted by atomic mass is 10.0. The van der Waals surface area contributed by atoms with Crippen LogP contribution < -0.4 is 5.32 Å². The minimum absolute atomic E-state index is 0.137. The van der Waals surface area contributed by atoms with Crippen LogP contribution in [-0.2, 0) is 4.79 Å². The molecule has 1 aromatic heterocycles. The molecule has 0 bridgehead atoms. The van der Waals surface area contributed by atoms with Crippen molar-refractivity contribution in [3.05, 3.63) is 11.5 Å². The Morgan fingerprint density at radius 2 is 2.21 bits per heavy atom. The van der Waals surface area contributed by atoms with Crippen molar-refractivity contribution in [3.8, 4) is 6.07 Å². The average molecular weight is 279 g/mol. The topological polar surface area (TPSA) is 78.9 Å². The Kier molecular flexibility index (Phi) is 4.15. The number of carbonyl (C=O) groups is 1. The second-order valence-corrected chi connectivity index (χ2v) is 5.79. The first kappa shape index (κ1) is 13.9. The van der Waals surface area contributed by atoms with Crippen molar-refractivity contribution in [1.82, 2.24) is 10.3 Å². The minimum Gasteiger partial charge on any atom is -0.437 e. The summed E-state index contributed by atoms with van der Waals surface area (Å²) in [6, 6.07) is 2.24. The number of hydrogen-bond donors (Lipinski definition) is 1. The Hall–Kier alpha value is -1.48. The summed E-state index contributed by atoms with van der Waals surface area (Å²) < 4.78 is 5.39. The van der Waals surface area contributed by atoms with Crippen LogP contribution in [0.25, 0.3) is 0 Å². The summed E-state index contributed by atoms with van der Waals surface area (Å²) in [5.41, 5.74) is 0.187. The summed E-state index contributed by atoms with van der Waals surface area (Å²) in [5, 5.41) is 12.5. The monoisotopic (exact) mass is 279 g/mol. The van der Waals surface area contributed by atoms with Crippen LogP contribution in [0.5, 0.6) is 0 Å². The van der Waals surface area contributed by atoms with Gasteiger partial charge in [-0.2, -0.15) is 5.26 Å². The van der Waals surface area contributed by atoms with Crippen LogP contribution in [0.15, 0.2) is 9.64 Å². The summed E-state index contributed by atoms with van der Waals surface area (Å²) >= 11 is 1.26. The number of nitriles is 1. The molecule has 2 rings (SSSR count). The predicted molar refractivity (Wildman–Crippen MR) is 71.7 cm³/mol. The van der Waals surface area contributed by atoms with Gasteiger partial charge in [0.15, 0.2) is 0 Å². The van der Waals surface area contributed by atoms with Crippen LogP contribution in [0.2, 0.25) is 0 Å². The largest absolute Gasteiger partial charge is 0.437 e. The first-order chi connectivity index (χ1) is 9.04. The zero-order valence-corrected chi connectivity index (χ0v) is 12.0. The van der Waals surface area contributed by atoms with Gasteiger partial charge in [0, 0.05) is 0 Å². The van der Waals surface area contributed by atoms with Crippen molar-refractivity contribution in [2.45, 2.75) is 50.3 Å². The SMILES string of the molecule is Cc1nc(SCC(=O)NC2(C#N)CCCC2)oc1C. The number of rotatable bonds is 4. The van der Waals surface area contributed by atoms with E-state index >= 15 is 0 Å². The molecular weight excluding hydrogens is 262 g/mol. The van der Waals surface area contributed by atoms with E-state index in [1.807, 2.05) is 13.8 Å². The van der Waals surface area contributed by atoms with Crippen LogP contribution in [-0.4, -0.2) is 22.2 Å². The number of hydrogen-bond acceptors (Lipinski definition) is 5. The molecule has 0 aliphatic heterocycles. The number of aryl methyl sites for hydroxylation is 2. The zero-order chi connectivity index (χ0) is 13.9. The quantitative estimate of drug-likeness (QED) is 0.856. The van der Waals surface area contributed by atoms with Crippen molar-refractivity contribution < 1.29 is 9.21 Å². The molecule has 1 aromatic rings. The van der Waals surface area contributed by atoms with Gasteiger partial charge in [0.1, 0.15) is 11.3 Å². The fourth-order valence-electron chi connectivity index (χ4n) is 2.18. The van der Waals surface area contributed by atoms with E-state index in [0.29, 0.717) is 5.22 Å². The molecule has 0 aromatic carbocycles. The van der Waals surface area contributed by atoms with E-state index in [-0.39, 0.29) is 11.7 Å². The lowest BCUT2D eigenvalue weighted by Crippen LogP contribution is -2.45. The van der Waals surface area contributed by atoms with Crippen molar-refractivity contribution in [3.63, 3.8) is 0 Å². The van der Waals surface area contributed by atoms with Gasteiger partial charge >= 0.3 is 0 Å². The second kappa shape index (κ2) is 5.66. The van der Waals surface area contributed by atoms with Crippen LogP contribution >= 0.6 is 11.8 Å². The molecule has 1 amide bonds. The van der Waals surface area contributed by atoms with Gasteiger partial charge in [0.25, 0.3) is 5.22 Å². The number of aromatic nitrogens is 1. The van der Waals surface area contributed by atoms with Crippen molar-refractivity contribution in [1.29, 1.82) is 5.26 Å². The third-order valence-electron chi connectivity index (χ3n) is 3.39. The molecule has 1 fully saturated rings. The van der Waals surface area contributed by atoms with Gasteiger partial charge in [-0.1, -0.05) is 11.8 Å². The van der Waals surface area contributed by atoms with Gasteiger partial charge in [-0.3, -0.25) is 4.79 Å². The fraction of sp³-hybridized carbons (Fsp3) is 0.615. The first-order valence-corrected chi connectivity index (χ1v) is 7.32. The summed E-state index contributed by atoms with van der Waals surface area (Å²) in [5.74, 6) is 0.858. The molecule has 1 N–H and O–H groups in total. The molecule has 0 atom stereocenters. The van der Waals surface area contributed by atoms with E-state index in [1.165, 1.54) is 11.8 Å². The summed E-state index contributed by atoms with van der Waals surface area (Å²) in [6.07, 6.45) is 3.49. The number of nitrogens with zero attached hydrogens (tertiary/aromatic N) is 2. The Morgan fingerprint density at radius 3 is 2.74 bits per heavy atom. The van der Waals surface area contributed by atoms with Crippen molar-refractivity contribution in [2.75, 3.05) is 5.75 Å². The first-order valence-electron chi connectivity index (χ1n) is 6.34. The van der Waals surface area contributed by atoms with E-state index in [1.54, 1.807) is 0 Å². The van der Waals surface area contributed by atoms with Gasteiger partial charge in [-0.15, -0.1) is 0 Å². The highest BCUT2D eigenvalue weighted by Gasteiger charge is 2.35. The molecule has 102 valence electrons. The molecular formula is C13H17N3O2S. The van der Waals surface area contributed by atoms with Gasteiger partial charge in [0.2, 0.25) is 5.91 Å². The molecule has 1 saturated carbocycles. The molecule has 19 heavy (non-hydrogen) atoms. The molecule has 0 unspecified atom stereocenters. The maximum absolute atomic E-state index is 11.9. The van der Waals surface area contributed by atoms with Gasteiger partial charge in [-0.25, -0.2) is 4.98 Å². The van der Waals surface area contributed by atoms with Crippen molar-refractivity contribution >= 4 is 17.7 Å². The highest BCUT2D eigenvalue weighted by atomic mass is 32.2. The van der Waals surface area contributed by atoms with Crippen molar-refractivity contribution in [2.24, 2.45) is 0 Å². The third kappa shape index (κ3) is 3.29. The normalized spacial score (nSPS) is 17.1. The maximum Gasteiger partial charge on any atom is 0.256 e. The number of nitrogens with one attached hydrogen (secondary N) is 1. The molecule has 5 nitrogen and oxygen atoms in total. The van der Waals surface area contributed by atoms with Gasteiger partial charge < -0.3 is 9.73 Å². The predicted octanol–water partition coefficient (Wildman–Crippen LogP) is 2.34. The molecule has 0 saturated heterocycles. The molecule has 1 heterocycles. The zero-order valence-electron chi connectivity index (χ0n) is 11.2. The highest BCUT2D eigenvalue weighted by molar-refractivity contribution is 7.99. The number of carbonyl (C=O) groups excluding carboxylic acids is 1. The number of amides is 1. The second-order valence-electron chi connectivity index (χ2n) is 4.86. The Balaban J connectivity index is 1.86. The van der Waals surface area contributed by atoms with E-state index in [2.05, 4.69) is 16.4 Å². The van der Waals surface area contributed by atoms with Gasteiger partial charge in [0.05, 0.1) is 17.5 Å². The molecule has 6 heteroatoms. The average Bonchev–Trinajstić information content (AvgIpc) is 2.96. The van der Waals surface area contributed by atoms with Crippen LogP contribution in [0, 0.1) is 25.2 Å². The fourth-order valence-corrected chi connectivity index (χ4v) is 2.89. The molecule has 1 aliphatic carbocycles. The van der Waals surface area contributed by atoms with Crippen LogP contribution in [0.4, 0.5) is 0 Å². The lowest BCUT2D eigenvalue weighted by Gasteiger charge is -2.21. The minimum atomic E-state index is -0.653. The smallest absolute Gasteiger partial charge is 0.256 e. The third-order valence-corrected chi connectivity index (χ3v) is 4.21. The Bertz CT molecular complexity index is 493. The summed E-state index contributed by atoms with van der Waals surface area (Å²) in [7, 11) is 0. The summed E-state index contributed by atoms with van der Waals surface area (Å²) in [6.45, 7) is 3.71. The molecule has 0 radical (unpaired) electrons. The molecule has 1 aliphatic rings. The van der Waals surface area contributed by atoms with E-state index in [0.717, 1.165) is 37.1 Å². The standard InChI is InChI=1S/C13H17N3O2S/c1-9-10(2)18-12(15-9)19-7-11(17)16-13(8-14)5-3-4-6-13/h3-7H2,1-2H3,(H,16,17). The van der Waals surface area contributed by atoms with E-state index in [4.69, 9.17) is 4.42 Å². The molecule has 0 spiro atoms. The lowest BCUT2D eigenvalue weighted by molar-refractivity contribution is -0.119. The Morgan fingerprint density at radius 1 is 1.53 bits per heavy atom. The van der Waals surface area contributed by atoms with Gasteiger partial charge in [-0.05, 0) is 39.5 Å². The van der Waals surface area contributed by atoms with E-state index in [9.17, 15) is 10.1 Å². The number of thioether (sulfide) groups is 1. The number of oxazole rings is 1. The summed E-state index contributed by atoms with van der Waals surface area (Å²) in [4.78, 5) is 16.1. The van der Waals surface area contributed by atoms with Crippen LogP contribution in [0.1, 0.15) is 37.1 Å². The maximum atomic E-state index is 11.9.